The molecular formula is C13H12N4O6. The number of aromatic nitrogens is 2. The van der Waals surface area contributed by atoms with Gasteiger partial charge in [0.05, 0.1) is 35.5 Å². The fraction of sp³-hybridized carbons (Fsp3) is 0.154. The topological polar surface area (TPSA) is 137 Å². The van der Waals surface area contributed by atoms with Gasteiger partial charge in [-0.25, -0.2) is 4.79 Å². The lowest BCUT2D eigenvalue weighted by molar-refractivity contribution is -0.384. The number of benzene rings is 1. The van der Waals surface area contributed by atoms with Crippen LogP contribution in [0.4, 0.5) is 11.4 Å². The van der Waals surface area contributed by atoms with Crippen molar-refractivity contribution in [2.24, 2.45) is 7.05 Å². The van der Waals surface area contributed by atoms with Crippen LogP contribution in [0.3, 0.4) is 0 Å². The van der Waals surface area contributed by atoms with E-state index in [-0.39, 0.29) is 28.4 Å². The van der Waals surface area contributed by atoms with Crippen LogP contribution in [-0.2, 0) is 7.05 Å². The van der Waals surface area contributed by atoms with Gasteiger partial charge < -0.3 is 15.2 Å². The summed E-state index contributed by atoms with van der Waals surface area (Å²) in [7, 11) is 2.69. The number of hydrogen-bond acceptors (Lipinski definition) is 6. The molecule has 120 valence electrons. The van der Waals surface area contributed by atoms with E-state index in [9.17, 15) is 19.7 Å². The number of rotatable bonds is 5. The van der Waals surface area contributed by atoms with Gasteiger partial charge in [0, 0.05) is 13.1 Å². The smallest absolute Gasteiger partial charge is 0.354 e. The number of non-ortho nitro benzene ring substituents is 1. The number of carboxylic acid groups (broad SMARTS) is 1. The van der Waals surface area contributed by atoms with Gasteiger partial charge in [-0.3, -0.25) is 19.6 Å². The number of nitrogens with zero attached hydrogens (tertiary/aromatic N) is 3. The second-order valence-electron chi connectivity index (χ2n) is 4.43. The maximum absolute atomic E-state index is 12.2. The average molecular weight is 320 g/mol. The molecule has 10 heteroatoms. The first-order chi connectivity index (χ1) is 10.8. The second-order valence-corrected chi connectivity index (χ2v) is 4.43. The maximum Gasteiger partial charge on any atom is 0.354 e. The zero-order valence-electron chi connectivity index (χ0n) is 12.1. The number of carbonyl (C=O) groups excluding carboxylic acids is 1. The molecular weight excluding hydrogens is 308 g/mol. The van der Waals surface area contributed by atoms with Crippen molar-refractivity contribution in [3.63, 3.8) is 0 Å². The summed E-state index contributed by atoms with van der Waals surface area (Å²) in [5.41, 5.74) is -0.445. The highest BCUT2D eigenvalue weighted by atomic mass is 16.6. The Kier molecular flexibility index (Phi) is 4.25. The van der Waals surface area contributed by atoms with Crippen molar-refractivity contribution >= 4 is 23.3 Å². The summed E-state index contributed by atoms with van der Waals surface area (Å²) < 4.78 is 6.06. The Morgan fingerprint density at radius 2 is 2.13 bits per heavy atom. The lowest BCUT2D eigenvalue weighted by atomic mass is 10.2. The van der Waals surface area contributed by atoms with Gasteiger partial charge in [0.15, 0.2) is 5.69 Å². The van der Waals surface area contributed by atoms with E-state index in [0.29, 0.717) is 0 Å². The fourth-order valence-electron chi connectivity index (χ4n) is 1.94. The molecule has 0 aliphatic rings. The van der Waals surface area contributed by atoms with Crippen molar-refractivity contribution in [1.29, 1.82) is 0 Å². The van der Waals surface area contributed by atoms with Crippen LogP contribution in [0.5, 0.6) is 5.75 Å². The molecule has 0 fully saturated rings. The molecule has 0 bridgehead atoms. The zero-order valence-corrected chi connectivity index (χ0v) is 12.1. The summed E-state index contributed by atoms with van der Waals surface area (Å²) in [4.78, 5) is 33.5. The first kappa shape index (κ1) is 15.9. The van der Waals surface area contributed by atoms with Crippen molar-refractivity contribution in [3.8, 4) is 5.75 Å². The number of carbonyl (C=O) groups is 2. The summed E-state index contributed by atoms with van der Waals surface area (Å²) in [5, 5.41) is 26.0. The van der Waals surface area contributed by atoms with Crippen LogP contribution in [0.25, 0.3) is 0 Å². The molecule has 1 aromatic carbocycles. The van der Waals surface area contributed by atoms with Crippen molar-refractivity contribution in [2.45, 2.75) is 0 Å². The molecule has 1 aromatic heterocycles. The Morgan fingerprint density at radius 3 is 2.70 bits per heavy atom. The third-order valence-electron chi connectivity index (χ3n) is 3.03. The molecule has 0 atom stereocenters. The van der Waals surface area contributed by atoms with E-state index in [4.69, 9.17) is 9.84 Å². The lowest BCUT2D eigenvalue weighted by Gasteiger charge is -2.09. The summed E-state index contributed by atoms with van der Waals surface area (Å²) in [5.74, 6) is -1.94. The van der Waals surface area contributed by atoms with Crippen molar-refractivity contribution in [3.05, 3.63) is 45.8 Å². The summed E-state index contributed by atoms with van der Waals surface area (Å²) in [6.07, 6.45) is 1.12. The number of aromatic carboxylic acids is 1. The first-order valence-corrected chi connectivity index (χ1v) is 6.24. The van der Waals surface area contributed by atoms with E-state index in [1.165, 1.54) is 26.3 Å². The van der Waals surface area contributed by atoms with Gasteiger partial charge in [-0.15, -0.1) is 0 Å². The molecule has 0 unspecified atom stereocenters. The number of aryl methyl sites for hydroxylation is 1. The third-order valence-corrected chi connectivity index (χ3v) is 3.03. The highest BCUT2D eigenvalue weighted by Crippen LogP contribution is 2.29. The molecule has 0 spiro atoms. The van der Waals surface area contributed by atoms with Gasteiger partial charge in [-0.2, -0.15) is 5.10 Å². The van der Waals surface area contributed by atoms with Crippen LogP contribution in [0.15, 0.2) is 24.4 Å². The lowest BCUT2D eigenvalue weighted by Crippen LogP contribution is -2.17. The van der Waals surface area contributed by atoms with Gasteiger partial charge in [-0.1, -0.05) is 0 Å². The highest BCUT2D eigenvalue weighted by molar-refractivity contribution is 6.10. The minimum Gasteiger partial charge on any atom is -0.494 e. The van der Waals surface area contributed by atoms with Crippen LogP contribution in [0.2, 0.25) is 0 Å². The molecule has 1 amide bonds. The summed E-state index contributed by atoms with van der Waals surface area (Å²) >= 11 is 0. The van der Waals surface area contributed by atoms with Gasteiger partial charge in [-0.05, 0) is 6.07 Å². The third kappa shape index (κ3) is 3.10. The number of hydrogen-bond donors (Lipinski definition) is 2. The minimum atomic E-state index is -1.30. The Bertz CT molecular complexity index is 798. The first-order valence-electron chi connectivity index (χ1n) is 6.24. The quantitative estimate of drug-likeness (QED) is 0.625. The minimum absolute atomic E-state index is 0.0771. The van der Waals surface area contributed by atoms with Gasteiger partial charge >= 0.3 is 5.97 Å². The molecule has 10 nitrogen and oxygen atoms in total. The molecule has 0 saturated carbocycles. The number of ether oxygens (including phenoxy) is 1. The Balaban J connectivity index is 2.34. The number of nitrogens with one attached hydrogen (secondary N) is 1. The second kappa shape index (κ2) is 6.13. The standard InChI is InChI=1S/C13H12N4O6/c1-16-11(13(19)20)8(6-14-16)12(18)15-9-4-3-7(17(21)22)5-10(9)23-2/h3-6H,1-2H3,(H,15,18)(H,19,20). The predicted octanol–water partition coefficient (Wildman–Crippen LogP) is 1.29. The predicted molar refractivity (Wildman–Crippen MR) is 77.8 cm³/mol. The Hall–Kier alpha value is -3.43. The van der Waals surface area contributed by atoms with E-state index in [2.05, 4.69) is 10.4 Å². The van der Waals surface area contributed by atoms with Crippen LogP contribution < -0.4 is 10.1 Å². The van der Waals surface area contributed by atoms with Gasteiger partial charge in [0.25, 0.3) is 11.6 Å². The zero-order chi connectivity index (χ0) is 17.1. The van der Waals surface area contributed by atoms with Crippen LogP contribution >= 0.6 is 0 Å². The van der Waals surface area contributed by atoms with Crippen LogP contribution in [0.1, 0.15) is 20.8 Å². The van der Waals surface area contributed by atoms with Crippen LogP contribution in [-0.4, -0.2) is 38.8 Å². The molecule has 0 aliphatic heterocycles. The van der Waals surface area contributed by atoms with Crippen molar-refractivity contribution in [1.82, 2.24) is 9.78 Å². The largest absolute Gasteiger partial charge is 0.494 e. The summed E-state index contributed by atoms with van der Waals surface area (Å²) in [6.45, 7) is 0. The monoisotopic (exact) mass is 320 g/mol. The van der Waals surface area contributed by atoms with E-state index >= 15 is 0 Å². The molecule has 2 rings (SSSR count). The molecule has 2 aromatic rings. The number of nitro benzene ring substituents is 1. The van der Waals surface area contributed by atoms with Crippen molar-refractivity contribution < 1.29 is 24.4 Å². The number of amides is 1. The Morgan fingerprint density at radius 1 is 1.43 bits per heavy atom. The molecule has 2 N–H and O–H groups in total. The van der Waals surface area contributed by atoms with Crippen LogP contribution in [0, 0.1) is 10.1 Å². The molecule has 23 heavy (non-hydrogen) atoms. The summed E-state index contributed by atoms with van der Waals surface area (Å²) in [6, 6.07) is 3.64. The van der Waals surface area contributed by atoms with E-state index in [1.807, 2.05) is 0 Å². The average Bonchev–Trinajstić information content (AvgIpc) is 2.89. The van der Waals surface area contributed by atoms with E-state index in [1.54, 1.807) is 0 Å². The Labute approximate surface area is 129 Å². The molecule has 1 heterocycles. The number of nitro groups is 1. The van der Waals surface area contributed by atoms with Gasteiger partial charge in [0.2, 0.25) is 0 Å². The number of carboxylic acids is 1. The van der Waals surface area contributed by atoms with Gasteiger partial charge in [0.1, 0.15) is 5.75 Å². The molecule has 0 radical (unpaired) electrons. The normalized spacial score (nSPS) is 10.2. The number of methoxy groups -OCH3 is 1. The highest BCUT2D eigenvalue weighted by Gasteiger charge is 2.22. The molecule has 0 saturated heterocycles. The fourth-order valence-corrected chi connectivity index (χ4v) is 1.94. The van der Waals surface area contributed by atoms with E-state index < -0.39 is 16.8 Å². The number of anilines is 1. The SMILES string of the molecule is COc1cc([N+](=O)[O-])ccc1NC(=O)c1cnn(C)c1C(=O)O. The van der Waals surface area contributed by atoms with E-state index in [0.717, 1.165) is 16.9 Å². The maximum atomic E-state index is 12.2. The molecule has 0 aliphatic carbocycles. The van der Waals surface area contributed by atoms with Crippen molar-refractivity contribution in [2.75, 3.05) is 12.4 Å².